The molecule has 2 aromatic rings. The zero-order chi connectivity index (χ0) is 15.2. The largest absolute Gasteiger partial charge is 0.493 e. The highest BCUT2D eigenvalue weighted by molar-refractivity contribution is 9.09. The maximum Gasteiger partial charge on any atom is 0.289 e. The van der Waals surface area contributed by atoms with E-state index in [0.717, 1.165) is 28.5 Å². The number of methoxy groups -OCH3 is 1. The smallest absolute Gasteiger partial charge is 0.289 e. The molecular formula is C15H18BrNO4. The number of benzene rings is 1. The van der Waals surface area contributed by atoms with Crippen molar-refractivity contribution < 1.29 is 18.7 Å². The van der Waals surface area contributed by atoms with Crippen molar-refractivity contribution in [1.29, 1.82) is 0 Å². The molecule has 2 rings (SSSR count). The van der Waals surface area contributed by atoms with Gasteiger partial charge in [0, 0.05) is 18.0 Å². The van der Waals surface area contributed by atoms with Crippen LogP contribution in [0.1, 0.15) is 22.5 Å². The number of alkyl halides is 1. The summed E-state index contributed by atoms with van der Waals surface area (Å²) in [5, 5.41) is 4.35. The molecule has 1 N–H and O–H groups in total. The lowest BCUT2D eigenvalue weighted by atomic mass is 10.1. The van der Waals surface area contributed by atoms with Crippen LogP contribution in [0.4, 0.5) is 0 Å². The molecule has 0 saturated heterocycles. The Morgan fingerprint density at radius 1 is 1.43 bits per heavy atom. The van der Waals surface area contributed by atoms with Gasteiger partial charge in [0.25, 0.3) is 5.91 Å². The van der Waals surface area contributed by atoms with Crippen molar-refractivity contribution in [3.8, 4) is 5.75 Å². The van der Waals surface area contributed by atoms with Gasteiger partial charge in [-0.25, -0.2) is 0 Å². The third kappa shape index (κ3) is 3.57. The summed E-state index contributed by atoms with van der Waals surface area (Å²) in [4.78, 5) is 12.0. The number of amides is 1. The molecule has 0 radical (unpaired) electrons. The molecule has 5 nitrogen and oxygen atoms in total. The summed E-state index contributed by atoms with van der Waals surface area (Å²) in [5.74, 6) is 0.732. The molecule has 0 aliphatic rings. The zero-order valence-corrected chi connectivity index (χ0v) is 13.7. The van der Waals surface area contributed by atoms with Gasteiger partial charge in [0.1, 0.15) is 18.1 Å². The van der Waals surface area contributed by atoms with Crippen LogP contribution in [-0.2, 0) is 4.74 Å². The lowest BCUT2D eigenvalue weighted by molar-refractivity contribution is 0.0846. The minimum absolute atomic E-state index is 0.143. The Hall–Kier alpha value is -1.53. The molecule has 0 aliphatic carbocycles. The lowest BCUT2D eigenvalue weighted by Crippen LogP contribution is -2.25. The molecule has 0 unspecified atom stereocenters. The number of nitrogens with one attached hydrogen (secondary N) is 1. The molecule has 114 valence electrons. The Balaban J connectivity index is 2.32. The van der Waals surface area contributed by atoms with Crippen LogP contribution in [0.5, 0.6) is 5.75 Å². The Kier molecular flexibility index (Phi) is 5.64. The number of furan rings is 1. The normalized spacial score (nSPS) is 10.8. The van der Waals surface area contributed by atoms with Crippen LogP contribution < -0.4 is 10.1 Å². The van der Waals surface area contributed by atoms with Crippen LogP contribution in [0.15, 0.2) is 22.6 Å². The van der Waals surface area contributed by atoms with E-state index in [4.69, 9.17) is 13.9 Å². The van der Waals surface area contributed by atoms with Crippen molar-refractivity contribution in [2.75, 3.05) is 25.8 Å². The molecule has 0 saturated carbocycles. The van der Waals surface area contributed by atoms with Crippen molar-refractivity contribution in [1.82, 2.24) is 5.32 Å². The number of rotatable bonds is 7. The van der Waals surface area contributed by atoms with Crippen molar-refractivity contribution in [3.63, 3.8) is 0 Å². The van der Waals surface area contributed by atoms with Crippen molar-refractivity contribution in [2.24, 2.45) is 0 Å². The first-order valence-corrected chi connectivity index (χ1v) is 7.79. The fraction of sp³-hybridized carbons (Fsp3) is 0.400. The highest BCUT2D eigenvalue weighted by Crippen LogP contribution is 2.33. The summed E-state index contributed by atoms with van der Waals surface area (Å²) in [5.41, 5.74) is 1.42. The molecule has 21 heavy (non-hydrogen) atoms. The van der Waals surface area contributed by atoms with E-state index in [1.807, 2.05) is 25.1 Å². The number of carbonyl (C=O) groups is 1. The first kappa shape index (κ1) is 15.9. The second-order valence-electron chi connectivity index (χ2n) is 4.52. The van der Waals surface area contributed by atoms with Crippen molar-refractivity contribution in [2.45, 2.75) is 13.3 Å². The van der Waals surface area contributed by atoms with Gasteiger partial charge >= 0.3 is 0 Å². The van der Waals surface area contributed by atoms with Gasteiger partial charge in [0.05, 0.1) is 12.0 Å². The van der Waals surface area contributed by atoms with Crippen LogP contribution in [0, 0.1) is 6.92 Å². The van der Waals surface area contributed by atoms with Crippen LogP contribution in [0.25, 0.3) is 11.0 Å². The summed E-state index contributed by atoms with van der Waals surface area (Å²) >= 11 is 3.37. The highest BCUT2D eigenvalue weighted by atomic mass is 79.9. The average Bonchev–Trinajstić information content (AvgIpc) is 2.83. The summed E-state index contributed by atoms with van der Waals surface area (Å²) in [6.45, 7) is 2.61. The van der Waals surface area contributed by atoms with Gasteiger partial charge in [-0.3, -0.25) is 4.79 Å². The Morgan fingerprint density at radius 3 is 2.95 bits per heavy atom. The molecule has 0 fully saturated rings. The first-order chi connectivity index (χ1) is 10.2. The predicted molar refractivity (Wildman–Crippen MR) is 84.2 cm³/mol. The Bertz CT molecular complexity index is 623. The number of aryl methyl sites for hydroxylation is 1. The highest BCUT2D eigenvalue weighted by Gasteiger charge is 2.19. The van der Waals surface area contributed by atoms with Crippen LogP contribution in [-0.4, -0.2) is 31.7 Å². The number of halogens is 1. The van der Waals surface area contributed by atoms with Gasteiger partial charge in [-0.05, 0) is 25.5 Å². The minimum atomic E-state index is -0.294. The molecule has 0 atom stereocenters. The Morgan fingerprint density at radius 2 is 2.24 bits per heavy atom. The molecule has 0 bridgehead atoms. The number of fused-ring (bicyclic) bond motifs is 1. The fourth-order valence-electron chi connectivity index (χ4n) is 2.06. The number of ether oxygens (including phenoxy) is 2. The molecular weight excluding hydrogens is 338 g/mol. The molecule has 1 amide bonds. The number of hydrogen-bond acceptors (Lipinski definition) is 4. The first-order valence-electron chi connectivity index (χ1n) is 6.67. The van der Waals surface area contributed by atoms with E-state index >= 15 is 0 Å². The minimum Gasteiger partial charge on any atom is -0.493 e. The second kappa shape index (κ2) is 7.47. The molecule has 0 aliphatic heterocycles. The van der Waals surface area contributed by atoms with E-state index in [2.05, 4.69) is 21.2 Å². The van der Waals surface area contributed by atoms with Gasteiger partial charge < -0.3 is 19.2 Å². The van der Waals surface area contributed by atoms with E-state index in [1.165, 1.54) is 7.11 Å². The van der Waals surface area contributed by atoms with E-state index in [1.54, 1.807) is 0 Å². The van der Waals surface area contributed by atoms with Gasteiger partial charge in [-0.2, -0.15) is 0 Å². The molecule has 0 spiro atoms. The summed E-state index contributed by atoms with van der Waals surface area (Å²) in [6.07, 6.45) is 0.911. The topological polar surface area (TPSA) is 60.7 Å². The van der Waals surface area contributed by atoms with Gasteiger partial charge in [0.2, 0.25) is 0 Å². The molecule has 1 aromatic heterocycles. The van der Waals surface area contributed by atoms with Crippen LogP contribution >= 0.6 is 15.9 Å². The molecule has 1 heterocycles. The molecule has 6 heteroatoms. The lowest BCUT2D eigenvalue weighted by Gasteiger charge is -2.06. The van der Waals surface area contributed by atoms with E-state index in [9.17, 15) is 4.79 Å². The summed E-state index contributed by atoms with van der Waals surface area (Å²) in [7, 11) is 1.52. The van der Waals surface area contributed by atoms with Crippen molar-refractivity contribution in [3.05, 3.63) is 29.5 Å². The zero-order valence-electron chi connectivity index (χ0n) is 12.1. The third-order valence-electron chi connectivity index (χ3n) is 3.03. The third-order valence-corrected chi connectivity index (χ3v) is 3.60. The fourth-order valence-corrected chi connectivity index (χ4v) is 2.29. The van der Waals surface area contributed by atoms with E-state index < -0.39 is 0 Å². The Labute approximate surface area is 131 Å². The summed E-state index contributed by atoms with van der Waals surface area (Å²) in [6, 6.07) is 5.56. The molecule has 1 aromatic carbocycles. The van der Waals surface area contributed by atoms with Crippen LogP contribution in [0.3, 0.4) is 0 Å². The number of carbonyl (C=O) groups excluding carboxylic acids is 1. The monoisotopic (exact) mass is 355 g/mol. The SMILES string of the molecule is COCNC(=O)c1oc2cccc(OCCCBr)c2c1C. The standard InChI is InChI=1S/C15H18BrNO4/c1-10-13-11(20-8-4-7-16)5-3-6-12(13)21-14(10)15(18)17-9-19-2/h3,5-6H,4,7-9H2,1-2H3,(H,17,18). The second-order valence-corrected chi connectivity index (χ2v) is 5.31. The maximum absolute atomic E-state index is 12.0. The van der Waals surface area contributed by atoms with Gasteiger partial charge in [-0.15, -0.1) is 0 Å². The summed E-state index contributed by atoms with van der Waals surface area (Å²) < 4.78 is 16.3. The van der Waals surface area contributed by atoms with Crippen LogP contribution in [0.2, 0.25) is 0 Å². The van der Waals surface area contributed by atoms with E-state index in [-0.39, 0.29) is 12.6 Å². The predicted octanol–water partition coefficient (Wildman–Crippen LogP) is 3.24. The maximum atomic E-state index is 12.0. The average molecular weight is 356 g/mol. The van der Waals surface area contributed by atoms with E-state index in [0.29, 0.717) is 18.0 Å². The number of hydrogen-bond donors (Lipinski definition) is 1. The quantitative estimate of drug-likeness (QED) is 0.470. The van der Waals surface area contributed by atoms with Gasteiger partial charge in [-0.1, -0.05) is 22.0 Å². The van der Waals surface area contributed by atoms with Crippen molar-refractivity contribution >= 4 is 32.8 Å². The van der Waals surface area contributed by atoms with Gasteiger partial charge in [0.15, 0.2) is 5.76 Å².